The first-order chi connectivity index (χ1) is 19.5. The minimum atomic E-state index is -4.63. The Kier molecular flexibility index (Phi) is 7.96. The molecule has 1 aromatic heterocycles. The number of fused-ring (bicyclic) bond motifs is 1. The fourth-order valence-corrected chi connectivity index (χ4v) is 5.49. The van der Waals surface area contributed by atoms with Crippen LogP contribution in [-0.2, 0) is 22.3 Å². The second-order valence-electron chi connectivity index (χ2n) is 9.08. The van der Waals surface area contributed by atoms with Gasteiger partial charge in [-0.3, -0.25) is 19.3 Å². The van der Waals surface area contributed by atoms with Gasteiger partial charge in [0.1, 0.15) is 12.3 Å². The lowest BCUT2D eigenvalue weighted by molar-refractivity contribution is -0.137. The van der Waals surface area contributed by atoms with Crippen molar-refractivity contribution in [2.75, 3.05) is 19.0 Å². The number of hydrogen-bond donors (Lipinski definition) is 1. The molecule has 1 fully saturated rings. The molecule has 7 nitrogen and oxygen atoms in total. The number of rotatable bonds is 7. The van der Waals surface area contributed by atoms with Crippen LogP contribution in [0, 0.1) is 0 Å². The summed E-state index contributed by atoms with van der Waals surface area (Å²) in [6, 6.07) is 18.2. The Morgan fingerprint density at radius 2 is 1.80 bits per heavy atom. The Hall–Kier alpha value is -4.03. The number of hydrogen-bond acceptors (Lipinski definition) is 5. The third kappa shape index (κ3) is 6.18. The van der Waals surface area contributed by atoms with E-state index in [1.54, 1.807) is 6.08 Å². The molecule has 4 aromatic rings. The maximum absolute atomic E-state index is 13.2. The van der Waals surface area contributed by atoms with Crippen LogP contribution in [0.15, 0.2) is 82.3 Å². The van der Waals surface area contributed by atoms with Crippen LogP contribution in [0.3, 0.4) is 0 Å². The highest BCUT2D eigenvalue weighted by molar-refractivity contribution is 9.10. The molecule has 0 saturated carbocycles. The van der Waals surface area contributed by atoms with Crippen molar-refractivity contribution >= 4 is 67.4 Å². The minimum Gasteiger partial charge on any atom is -0.495 e. The molecule has 0 aliphatic carbocycles. The number of benzene rings is 3. The largest absolute Gasteiger partial charge is 0.495 e. The number of methoxy groups -OCH3 is 1. The van der Waals surface area contributed by atoms with Crippen molar-refractivity contribution in [1.82, 2.24) is 9.47 Å². The highest BCUT2D eigenvalue weighted by Gasteiger charge is 2.37. The van der Waals surface area contributed by atoms with Crippen molar-refractivity contribution in [1.29, 1.82) is 0 Å². The zero-order chi connectivity index (χ0) is 29.3. The number of ether oxygens (including phenoxy) is 1. The number of imide groups is 1. The first-order valence-corrected chi connectivity index (χ1v) is 13.8. The molecule has 41 heavy (non-hydrogen) atoms. The Morgan fingerprint density at radius 1 is 1.07 bits per heavy atom. The summed E-state index contributed by atoms with van der Waals surface area (Å²) < 4.78 is 47.5. The van der Waals surface area contributed by atoms with Gasteiger partial charge >= 0.3 is 6.18 Å². The zero-order valence-electron chi connectivity index (χ0n) is 21.4. The molecule has 1 aliphatic heterocycles. The van der Waals surface area contributed by atoms with Crippen LogP contribution in [0.5, 0.6) is 5.75 Å². The number of carbonyl (C=O) groups excluding carboxylic acids is 3. The number of thioether (sulfide) groups is 1. The molecule has 3 aromatic carbocycles. The lowest BCUT2D eigenvalue weighted by Gasteiger charge is -2.16. The SMILES string of the molecule is COc1ccc(C(F)(F)F)cc1NC(=O)CN1C(=O)S/C(=C\c2cn(Cc3ccc(Br)cc3)c3ccccc23)C1=O. The highest BCUT2D eigenvalue weighted by atomic mass is 79.9. The molecule has 0 unspecified atom stereocenters. The summed E-state index contributed by atoms with van der Waals surface area (Å²) in [5, 5.41) is 2.53. The van der Waals surface area contributed by atoms with Crippen molar-refractivity contribution in [3.8, 4) is 5.75 Å². The van der Waals surface area contributed by atoms with E-state index in [9.17, 15) is 27.6 Å². The van der Waals surface area contributed by atoms with E-state index in [1.807, 2.05) is 59.3 Å². The minimum absolute atomic E-state index is 0.0000813. The second kappa shape index (κ2) is 11.5. The number of carbonyl (C=O) groups is 3. The lowest BCUT2D eigenvalue weighted by atomic mass is 10.1. The molecule has 5 rings (SSSR count). The second-order valence-corrected chi connectivity index (χ2v) is 11.0. The van der Waals surface area contributed by atoms with Gasteiger partial charge in [-0.2, -0.15) is 13.2 Å². The highest BCUT2D eigenvalue weighted by Crippen LogP contribution is 2.36. The van der Waals surface area contributed by atoms with Gasteiger partial charge in [-0.1, -0.05) is 46.3 Å². The van der Waals surface area contributed by atoms with Gasteiger partial charge in [0.25, 0.3) is 11.1 Å². The molecule has 1 N–H and O–H groups in total. The van der Waals surface area contributed by atoms with Gasteiger partial charge in [-0.15, -0.1) is 0 Å². The van der Waals surface area contributed by atoms with Crippen LogP contribution in [0.4, 0.5) is 23.7 Å². The average molecular weight is 644 g/mol. The van der Waals surface area contributed by atoms with Crippen molar-refractivity contribution < 1.29 is 32.3 Å². The van der Waals surface area contributed by atoms with Crippen LogP contribution in [0.1, 0.15) is 16.7 Å². The van der Waals surface area contributed by atoms with Crippen LogP contribution in [-0.4, -0.2) is 40.2 Å². The Labute approximate surface area is 245 Å². The molecular formula is C29H21BrF3N3O4S. The first kappa shape index (κ1) is 28.5. The number of alkyl halides is 3. The number of amides is 3. The van der Waals surface area contributed by atoms with Crippen LogP contribution < -0.4 is 10.1 Å². The summed E-state index contributed by atoms with van der Waals surface area (Å²) in [4.78, 5) is 39.4. The van der Waals surface area contributed by atoms with Crippen molar-refractivity contribution in [2.24, 2.45) is 0 Å². The van der Waals surface area contributed by atoms with Crippen LogP contribution >= 0.6 is 27.7 Å². The van der Waals surface area contributed by atoms with E-state index in [-0.39, 0.29) is 16.3 Å². The molecule has 1 saturated heterocycles. The smallest absolute Gasteiger partial charge is 0.416 e. The van der Waals surface area contributed by atoms with Gasteiger partial charge in [0.05, 0.1) is 23.3 Å². The maximum atomic E-state index is 13.2. The predicted octanol–water partition coefficient (Wildman–Crippen LogP) is 7.15. The topological polar surface area (TPSA) is 80.6 Å². The van der Waals surface area contributed by atoms with E-state index in [0.29, 0.717) is 18.3 Å². The maximum Gasteiger partial charge on any atom is 0.416 e. The van der Waals surface area contributed by atoms with Crippen molar-refractivity contribution in [3.63, 3.8) is 0 Å². The first-order valence-electron chi connectivity index (χ1n) is 12.2. The molecule has 0 radical (unpaired) electrons. The van der Waals surface area contributed by atoms with Gasteiger partial charge in [-0.25, -0.2) is 0 Å². The number of para-hydroxylation sites is 1. The summed E-state index contributed by atoms with van der Waals surface area (Å²) in [5.74, 6) is -1.52. The molecule has 0 atom stereocenters. The molecule has 1 aliphatic rings. The third-order valence-corrected chi connectivity index (χ3v) is 7.78. The fourth-order valence-electron chi connectivity index (χ4n) is 4.40. The number of aromatic nitrogens is 1. The van der Waals surface area contributed by atoms with E-state index in [0.717, 1.165) is 49.6 Å². The quantitative estimate of drug-likeness (QED) is 0.216. The molecule has 3 amide bonds. The van der Waals surface area contributed by atoms with Crippen molar-refractivity contribution in [2.45, 2.75) is 12.7 Å². The average Bonchev–Trinajstić information content (AvgIpc) is 3.41. The molecule has 0 bridgehead atoms. The van der Waals surface area contributed by atoms with Crippen LogP contribution in [0.25, 0.3) is 17.0 Å². The summed E-state index contributed by atoms with van der Waals surface area (Å²) in [6.45, 7) is -0.0883. The lowest BCUT2D eigenvalue weighted by Crippen LogP contribution is -2.36. The number of halogens is 4. The predicted molar refractivity (Wildman–Crippen MR) is 154 cm³/mol. The molecular weight excluding hydrogens is 623 g/mol. The van der Waals surface area contributed by atoms with Gasteiger partial charge in [0.15, 0.2) is 0 Å². The summed E-state index contributed by atoms with van der Waals surface area (Å²) in [6.07, 6.45) is -1.13. The van der Waals surface area contributed by atoms with E-state index in [2.05, 4.69) is 21.2 Å². The molecule has 2 heterocycles. The van der Waals surface area contributed by atoms with Gasteiger partial charge in [0.2, 0.25) is 5.91 Å². The third-order valence-electron chi connectivity index (χ3n) is 6.35. The Morgan fingerprint density at radius 3 is 2.51 bits per heavy atom. The normalized spacial score (nSPS) is 14.8. The summed E-state index contributed by atoms with van der Waals surface area (Å²) >= 11 is 4.13. The Bertz CT molecular complexity index is 1700. The van der Waals surface area contributed by atoms with E-state index < -0.39 is 35.3 Å². The summed E-state index contributed by atoms with van der Waals surface area (Å²) in [7, 11) is 1.25. The number of anilines is 1. The monoisotopic (exact) mass is 643 g/mol. The van der Waals surface area contributed by atoms with Gasteiger partial charge in [0, 0.05) is 33.7 Å². The molecule has 12 heteroatoms. The Balaban J connectivity index is 1.36. The van der Waals surface area contributed by atoms with Gasteiger partial charge < -0.3 is 14.6 Å². The fraction of sp³-hybridized carbons (Fsp3) is 0.138. The van der Waals surface area contributed by atoms with Crippen LogP contribution in [0.2, 0.25) is 0 Å². The molecule has 0 spiro atoms. The standard InChI is InChI=1S/C29H21BrF3N3O4S/c1-40-24-11-8-19(29(31,32)33)13-22(24)34-26(37)16-36-27(38)25(41-28(36)39)12-18-15-35(23-5-3-2-4-21(18)23)14-17-6-9-20(30)10-7-17/h2-13,15H,14,16H2,1H3,(H,34,37)/b25-12-. The van der Waals surface area contributed by atoms with Gasteiger partial charge in [-0.05, 0) is 59.8 Å². The van der Waals surface area contributed by atoms with E-state index >= 15 is 0 Å². The van der Waals surface area contributed by atoms with E-state index in [1.165, 1.54) is 7.11 Å². The summed E-state index contributed by atoms with van der Waals surface area (Å²) in [5.41, 5.74) is 1.52. The van der Waals surface area contributed by atoms with E-state index in [4.69, 9.17) is 4.74 Å². The zero-order valence-corrected chi connectivity index (χ0v) is 23.8. The number of nitrogens with zero attached hydrogens (tertiary/aromatic N) is 2. The number of nitrogens with one attached hydrogen (secondary N) is 1. The van der Waals surface area contributed by atoms with Crippen molar-refractivity contribution in [3.05, 3.63) is 99.0 Å². The molecule has 210 valence electrons.